The van der Waals surface area contributed by atoms with E-state index in [1.54, 1.807) is 12.1 Å². The molecule has 0 atom stereocenters. The number of hydrogen-bond donors (Lipinski definition) is 0. The summed E-state index contributed by atoms with van der Waals surface area (Å²) in [7, 11) is 0. The van der Waals surface area contributed by atoms with Gasteiger partial charge in [-0.1, -0.05) is 24.6 Å². The summed E-state index contributed by atoms with van der Waals surface area (Å²) >= 11 is 6.13. The second kappa shape index (κ2) is 5.80. The van der Waals surface area contributed by atoms with E-state index < -0.39 is 10.3 Å². The molecule has 0 heterocycles. The minimum absolute atomic E-state index is 0.0192. The first kappa shape index (κ1) is 14.8. The standard InChI is InChI=1S/C15H17ClN2O2/c1-11-5-7-15(10-17,8-6-11)9-12-13(16)3-2-4-14(12)18(19)20/h2-4,11H,5-9H2,1H3. The van der Waals surface area contributed by atoms with Crippen LogP contribution in [0.25, 0.3) is 0 Å². The van der Waals surface area contributed by atoms with Crippen LogP contribution in [-0.2, 0) is 6.42 Å². The van der Waals surface area contributed by atoms with Gasteiger partial charge in [-0.2, -0.15) is 5.26 Å². The fraction of sp³-hybridized carbons (Fsp3) is 0.533. The highest BCUT2D eigenvalue weighted by Gasteiger charge is 2.37. The van der Waals surface area contributed by atoms with Gasteiger partial charge in [0, 0.05) is 11.6 Å². The minimum Gasteiger partial charge on any atom is -0.258 e. The predicted molar refractivity (Wildman–Crippen MR) is 77.5 cm³/mol. The quantitative estimate of drug-likeness (QED) is 0.608. The Kier molecular flexibility index (Phi) is 4.29. The van der Waals surface area contributed by atoms with Crippen molar-refractivity contribution in [3.8, 4) is 6.07 Å². The van der Waals surface area contributed by atoms with Crippen molar-refractivity contribution in [2.75, 3.05) is 0 Å². The lowest BCUT2D eigenvalue weighted by atomic mass is 9.68. The Balaban J connectivity index is 2.33. The molecular weight excluding hydrogens is 276 g/mol. The molecule has 0 N–H and O–H groups in total. The molecule has 1 aliphatic rings. The maximum absolute atomic E-state index is 11.1. The van der Waals surface area contributed by atoms with Gasteiger partial charge in [0.2, 0.25) is 0 Å². The minimum atomic E-state index is -0.512. The Bertz CT molecular complexity index is 557. The summed E-state index contributed by atoms with van der Waals surface area (Å²) in [6, 6.07) is 7.08. The largest absolute Gasteiger partial charge is 0.274 e. The smallest absolute Gasteiger partial charge is 0.258 e. The highest BCUT2D eigenvalue weighted by molar-refractivity contribution is 6.31. The normalized spacial score (nSPS) is 25.9. The summed E-state index contributed by atoms with van der Waals surface area (Å²) in [5.41, 5.74) is 0.00319. The lowest BCUT2D eigenvalue weighted by molar-refractivity contribution is -0.385. The van der Waals surface area contributed by atoms with E-state index in [0.29, 0.717) is 22.9 Å². The van der Waals surface area contributed by atoms with E-state index >= 15 is 0 Å². The van der Waals surface area contributed by atoms with Crippen molar-refractivity contribution in [3.63, 3.8) is 0 Å². The van der Waals surface area contributed by atoms with Crippen LogP contribution in [0.15, 0.2) is 18.2 Å². The molecule has 1 aromatic rings. The fourth-order valence-corrected chi connectivity index (χ4v) is 3.11. The van der Waals surface area contributed by atoms with Crippen molar-refractivity contribution in [2.45, 2.75) is 39.0 Å². The van der Waals surface area contributed by atoms with E-state index in [-0.39, 0.29) is 5.69 Å². The third-order valence-electron chi connectivity index (χ3n) is 4.27. The first-order chi connectivity index (χ1) is 9.47. The average Bonchev–Trinajstić information content (AvgIpc) is 2.43. The zero-order chi connectivity index (χ0) is 14.8. The zero-order valence-electron chi connectivity index (χ0n) is 11.4. The summed E-state index contributed by atoms with van der Waals surface area (Å²) in [6.07, 6.45) is 3.92. The summed E-state index contributed by atoms with van der Waals surface area (Å²) in [5, 5.41) is 21.1. The lowest BCUT2D eigenvalue weighted by Crippen LogP contribution is -2.28. The van der Waals surface area contributed by atoms with Gasteiger partial charge in [-0.3, -0.25) is 10.1 Å². The Morgan fingerprint density at radius 2 is 2.15 bits per heavy atom. The molecule has 0 bridgehead atoms. The fourth-order valence-electron chi connectivity index (χ4n) is 2.87. The van der Waals surface area contributed by atoms with Crippen LogP contribution in [0.3, 0.4) is 0 Å². The van der Waals surface area contributed by atoms with Crippen molar-refractivity contribution < 1.29 is 4.92 Å². The van der Waals surface area contributed by atoms with Gasteiger partial charge >= 0.3 is 0 Å². The van der Waals surface area contributed by atoms with Crippen LogP contribution < -0.4 is 0 Å². The van der Waals surface area contributed by atoms with Gasteiger partial charge in [-0.15, -0.1) is 0 Å². The highest BCUT2D eigenvalue weighted by Crippen LogP contribution is 2.43. The number of benzene rings is 1. The molecule has 106 valence electrons. The van der Waals surface area contributed by atoms with Crippen LogP contribution in [-0.4, -0.2) is 4.92 Å². The van der Waals surface area contributed by atoms with Gasteiger partial charge in [-0.25, -0.2) is 0 Å². The van der Waals surface area contributed by atoms with Gasteiger partial charge < -0.3 is 0 Å². The molecule has 1 fully saturated rings. The summed E-state index contributed by atoms with van der Waals surface area (Å²) in [6.45, 7) is 2.18. The van der Waals surface area contributed by atoms with Gasteiger partial charge in [-0.05, 0) is 44.1 Å². The number of nitriles is 1. The van der Waals surface area contributed by atoms with E-state index in [4.69, 9.17) is 11.6 Å². The molecule has 2 rings (SSSR count). The van der Waals surface area contributed by atoms with Crippen LogP contribution in [0.4, 0.5) is 5.69 Å². The molecule has 0 radical (unpaired) electrons. The van der Waals surface area contributed by atoms with Crippen molar-refractivity contribution in [1.29, 1.82) is 5.26 Å². The van der Waals surface area contributed by atoms with E-state index in [0.717, 1.165) is 25.7 Å². The van der Waals surface area contributed by atoms with Crippen LogP contribution >= 0.6 is 11.6 Å². The number of hydrogen-bond acceptors (Lipinski definition) is 3. The number of nitro groups is 1. The Labute approximate surface area is 123 Å². The number of nitro benzene ring substituents is 1. The Morgan fingerprint density at radius 3 is 2.70 bits per heavy atom. The summed E-state index contributed by atoms with van der Waals surface area (Å²) in [4.78, 5) is 10.7. The van der Waals surface area contributed by atoms with Crippen molar-refractivity contribution >= 4 is 17.3 Å². The molecule has 1 saturated carbocycles. The molecule has 0 aromatic heterocycles. The van der Waals surface area contributed by atoms with E-state index in [2.05, 4.69) is 13.0 Å². The highest BCUT2D eigenvalue weighted by atomic mass is 35.5. The second-order valence-electron chi connectivity index (χ2n) is 5.75. The van der Waals surface area contributed by atoms with Crippen LogP contribution in [0.5, 0.6) is 0 Å². The number of nitrogens with zero attached hydrogens (tertiary/aromatic N) is 2. The summed E-state index contributed by atoms with van der Waals surface area (Å²) in [5.74, 6) is 0.623. The number of halogens is 1. The average molecular weight is 293 g/mol. The van der Waals surface area contributed by atoms with Crippen molar-refractivity contribution in [2.24, 2.45) is 11.3 Å². The number of rotatable bonds is 3. The third kappa shape index (κ3) is 2.94. The molecule has 5 heteroatoms. The van der Waals surface area contributed by atoms with Crippen LogP contribution in [0.2, 0.25) is 5.02 Å². The van der Waals surface area contributed by atoms with E-state index in [1.807, 2.05) is 0 Å². The molecular formula is C15H17ClN2O2. The molecule has 0 spiro atoms. The maximum Gasteiger partial charge on any atom is 0.274 e. The topological polar surface area (TPSA) is 66.9 Å². The van der Waals surface area contributed by atoms with Gasteiger partial charge in [0.25, 0.3) is 5.69 Å². The Morgan fingerprint density at radius 1 is 1.50 bits per heavy atom. The molecule has 4 nitrogen and oxygen atoms in total. The SMILES string of the molecule is CC1CCC(C#N)(Cc2c(Cl)cccc2[N+](=O)[O-])CC1. The first-order valence-electron chi connectivity index (χ1n) is 6.80. The molecule has 0 unspecified atom stereocenters. The van der Waals surface area contributed by atoms with E-state index in [1.165, 1.54) is 6.07 Å². The molecule has 1 aliphatic carbocycles. The summed E-state index contributed by atoms with van der Waals surface area (Å²) < 4.78 is 0. The molecule has 20 heavy (non-hydrogen) atoms. The van der Waals surface area contributed by atoms with E-state index in [9.17, 15) is 15.4 Å². The van der Waals surface area contributed by atoms with Crippen molar-refractivity contribution in [1.82, 2.24) is 0 Å². The van der Waals surface area contributed by atoms with Gasteiger partial charge in [0.1, 0.15) is 0 Å². The second-order valence-corrected chi connectivity index (χ2v) is 6.15. The molecule has 0 aliphatic heterocycles. The lowest BCUT2D eigenvalue weighted by Gasteiger charge is -2.33. The third-order valence-corrected chi connectivity index (χ3v) is 4.63. The monoisotopic (exact) mass is 292 g/mol. The van der Waals surface area contributed by atoms with Crippen LogP contribution in [0, 0.1) is 32.8 Å². The maximum atomic E-state index is 11.1. The molecule has 0 saturated heterocycles. The predicted octanol–water partition coefficient (Wildman–Crippen LogP) is 4.51. The van der Waals surface area contributed by atoms with Crippen molar-refractivity contribution in [3.05, 3.63) is 38.9 Å². The van der Waals surface area contributed by atoms with Crippen LogP contribution in [0.1, 0.15) is 38.2 Å². The molecule has 1 aromatic carbocycles. The van der Waals surface area contributed by atoms with Gasteiger partial charge in [0.05, 0.1) is 21.4 Å². The molecule has 0 amide bonds. The zero-order valence-corrected chi connectivity index (χ0v) is 12.2. The van der Waals surface area contributed by atoms with Gasteiger partial charge in [0.15, 0.2) is 0 Å². The first-order valence-corrected chi connectivity index (χ1v) is 7.18. The Hall–Kier alpha value is -1.60.